The van der Waals surface area contributed by atoms with Gasteiger partial charge in [0.1, 0.15) is 6.26 Å². The molecule has 0 radical (unpaired) electrons. The Balaban J connectivity index is 1.98. The molecule has 18 heavy (non-hydrogen) atoms. The maximum absolute atomic E-state index is 12.6. The summed E-state index contributed by atoms with van der Waals surface area (Å²) >= 11 is 0. The van der Waals surface area contributed by atoms with Crippen LogP contribution in [-0.2, 0) is 11.2 Å². The molecule has 4 heteroatoms. The standard InChI is InChI=1S/C14H16N2O2/c1-2-12-9-11-5-3-4-6-13(11)14(17)16(12)15-7-8-18-10-15/h3-8,12H,2,9-10H2,1H3. The smallest absolute Gasteiger partial charge is 0.273 e. The van der Waals surface area contributed by atoms with Crippen LogP contribution < -0.4 is 0 Å². The Hall–Kier alpha value is -1.97. The molecule has 0 saturated carbocycles. The van der Waals surface area contributed by atoms with Gasteiger partial charge in [-0.3, -0.25) is 9.80 Å². The van der Waals surface area contributed by atoms with Gasteiger partial charge >= 0.3 is 0 Å². The van der Waals surface area contributed by atoms with E-state index in [4.69, 9.17) is 4.74 Å². The number of hydrazine groups is 1. The van der Waals surface area contributed by atoms with Crippen LogP contribution in [0.1, 0.15) is 29.3 Å². The van der Waals surface area contributed by atoms with Gasteiger partial charge in [0.2, 0.25) is 0 Å². The molecule has 0 aromatic heterocycles. The minimum Gasteiger partial charge on any atom is -0.477 e. The van der Waals surface area contributed by atoms with Crippen LogP contribution in [0.4, 0.5) is 0 Å². The largest absolute Gasteiger partial charge is 0.477 e. The van der Waals surface area contributed by atoms with Gasteiger partial charge in [-0.15, -0.1) is 0 Å². The van der Waals surface area contributed by atoms with E-state index in [0.717, 1.165) is 24.0 Å². The van der Waals surface area contributed by atoms with Crippen molar-refractivity contribution in [1.82, 2.24) is 10.0 Å². The number of hydrogen-bond donors (Lipinski definition) is 0. The van der Waals surface area contributed by atoms with Crippen molar-refractivity contribution in [2.45, 2.75) is 25.8 Å². The van der Waals surface area contributed by atoms with Crippen LogP contribution >= 0.6 is 0 Å². The van der Waals surface area contributed by atoms with E-state index in [9.17, 15) is 4.79 Å². The number of ether oxygens (including phenoxy) is 1. The third kappa shape index (κ3) is 1.65. The molecule has 2 aliphatic rings. The monoisotopic (exact) mass is 244 g/mol. The van der Waals surface area contributed by atoms with Crippen molar-refractivity contribution < 1.29 is 9.53 Å². The van der Waals surface area contributed by atoms with Crippen LogP contribution in [0.2, 0.25) is 0 Å². The lowest BCUT2D eigenvalue weighted by molar-refractivity contribution is -0.0374. The second kappa shape index (κ2) is 4.37. The molecule has 0 saturated heterocycles. The predicted molar refractivity (Wildman–Crippen MR) is 67.3 cm³/mol. The number of hydrogen-bond acceptors (Lipinski definition) is 3. The van der Waals surface area contributed by atoms with E-state index in [1.807, 2.05) is 40.5 Å². The van der Waals surface area contributed by atoms with Gasteiger partial charge in [-0.25, -0.2) is 5.01 Å². The van der Waals surface area contributed by atoms with Crippen molar-refractivity contribution in [1.29, 1.82) is 0 Å². The summed E-state index contributed by atoms with van der Waals surface area (Å²) in [4.78, 5) is 12.6. The Morgan fingerprint density at radius 1 is 1.39 bits per heavy atom. The van der Waals surface area contributed by atoms with E-state index in [1.165, 1.54) is 0 Å². The van der Waals surface area contributed by atoms with Crippen molar-refractivity contribution >= 4 is 5.91 Å². The average molecular weight is 244 g/mol. The molecule has 0 fully saturated rings. The molecule has 0 aliphatic carbocycles. The lowest BCUT2D eigenvalue weighted by atomic mass is 9.93. The van der Waals surface area contributed by atoms with Crippen LogP contribution in [0.15, 0.2) is 36.7 Å². The summed E-state index contributed by atoms with van der Waals surface area (Å²) in [6.07, 6.45) is 5.28. The first kappa shape index (κ1) is 11.1. The fourth-order valence-corrected chi connectivity index (χ4v) is 2.59. The minimum absolute atomic E-state index is 0.0684. The van der Waals surface area contributed by atoms with Crippen LogP contribution in [-0.4, -0.2) is 28.7 Å². The van der Waals surface area contributed by atoms with Crippen LogP contribution in [0, 0.1) is 0 Å². The zero-order chi connectivity index (χ0) is 12.5. The van der Waals surface area contributed by atoms with Gasteiger partial charge in [0.05, 0.1) is 12.2 Å². The van der Waals surface area contributed by atoms with E-state index in [2.05, 4.69) is 6.92 Å². The molecule has 4 nitrogen and oxygen atoms in total. The Morgan fingerprint density at radius 2 is 2.22 bits per heavy atom. The van der Waals surface area contributed by atoms with Crippen molar-refractivity contribution in [3.05, 3.63) is 47.9 Å². The molecule has 94 valence electrons. The highest BCUT2D eigenvalue weighted by Crippen LogP contribution is 2.27. The summed E-state index contributed by atoms with van der Waals surface area (Å²) in [5.41, 5.74) is 1.96. The van der Waals surface area contributed by atoms with Crippen LogP contribution in [0.3, 0.4) is 0 Å². The summed E-state index contributed by atoms with van der Waals surface area (Å²) in [6.45, 7) is 2.53. The average Bonchev–Trinajstić information content (AvgIpc) is 2.92. The highest BCUT2D eigenvalue weighted by Gasteiger charge is 2.35. The third-order valence-electron chi connectivity index (χ3n) is 3.54. The molecule has 1 amide bonds. The number of benzene rings is 1. The molecule has 1 unspecified atom stereocenters. The molecule has 0 N–H and O–H groups in total. The van der Waals surface area contributed by atoms with Gasteiger partial charge < -0.3 is 4.74 Å². The Morgan fingerprint density at radius 3 is 2.94 bits per heavy atom. The number of amides is 1. The molecule has 2 heterocycles. The first-order valence-corrected chi connectivity index (χ1v) is 6.27. The van der Waals surface area contributed by atoms with Crippen LogP contribution in [0.5, 0.6) is 0 Å². The highest BCUT2D eigenvalue weighted by molar-refractivity contribution is 5.96. The van der Waals surface area contributed by atoms with Gasteiger partial charge in [0.25, 0.3) is 5.91 Å². The van der Waals surface area contributed by atoms with Crippen molar-refractivity contribution in [2.24, 2.45) is 0 Å². The predicted octanol–water partition coefficient (Wildman–Crippen LogP) is 2.14. The van der Waals surface area contributed by atoms with Crippen molar-refractivity contribution in [3.63, 3.8) is 0 Å². The SMILES string of the molecule is CCC1Cc2ccccc2C(=O)N1N1C=COC1. The Kier molecular flexibility index (Phi) is 2.70. The highest BCUT2D eigenvalue weighted by atomic mass is 16.5. The van der Waals surface area contributed by atoms with E-state index >= 15 is 0 Å². The van der Waals surface area contributed by atoms with E-state index < -0.39 is 0 Å². The molecule has 0 bridgehead atoms. The van der Waals surface area contributed by atoms with E-state index in [0.29, 0.717) is 6.73 Å². The molecule has 1 aromatic carbocycles. The zero-order valence-corrected chi connectivity index (χ0v) is 10.4. The summed E-state index contributed by atoms with van der Waals surface area (Å²) < 4.78 is 5.19. The molecule has 1 aromatic rings. The van der Waals surface area contributed by atoms with E-state index in [1.54, 1.807) is 6.26 Å². The number of nitrogens with zero attached hydrogens (tertiary/aromatic N) is 2. The van der Waals surface area contributed by atoms with Crippen molar-refractivity contribution in [2.75, 3.05) is 6.73 Å². The molecule has 0 spiro atoms. The van der Waals surface area contributed by atoms with Gasteiger partial charge in [0.15, 0.2) is 6.73 Å². The lowest BCUT2D eigenvalue weighted by Gasteiger charge is -2.40. The maximum atomic E-state index is 12.6. The number of carbonyl (C=O) groups excluding carboxylic acids is 1. The molecule has 2 aliphatic heterocycles. The fourth-order valence-electron chi connectivity index (χ4n) is 2.59. The molecule has 3 rings (SSSR count). The lowest BCUT2D eigenvalue weighted by Crippen LogP contribution is -2.52. The van der Waals surface area contributed by atoms with Gasteiger partial charge in [0, 0.05) is 5.56 Å². The van der Waals surface area contributed by atoms with Crippen LogP contribution in [0.25, 0.3) is 0 Å². The number of rotatable bonds is 2. The minimum atomic E-state index is 0.0684. The maximum Gasteiger partial charge on any atom is 0.273 e. The Labute approximate surface area is 106 Å². The number of carbonyl (C=O) groups is 1. The first-order chi connectivity index (χ1) is 8.81. The summed E-state index contributed by atoms with van der Waals surface area (Å²) in [6, 6.07) is 8.06. The quantitative estimate of drug-likeness (QED) is 0.799. The normalized spacial score (nSPS) is 22.1. The third-order valence-corrected chi connectivity index (χ3v) is 3.54. The van der Waals surface area contributed by atoms with Crippen molar-refractivity contribution in [3.8, 4) is 0 Å². The van der Waals surface area contributed by atoms with Gasteiger partial charge in [-0.05, 0) is 24.5 Å². The molecular weight excluding hydrogens is 228 g/mol. The summed E-state index contributed by atoms with van der Waals surface area (Å²) in [5.74, 6) is 0.0684. The topological polar surface area (TPSA) is 32.8 Å². The zero-order valence-electron chi connectivity index (χ0n) is 10.4. The second-order valence-electron chi connectivity index (χ2n) is 4.59. The van der Waals surface area contributed by atoms with Gasteiger partial charge in [-0.1, -0.05) is 25.1 Å². The fraction of sp³-hybridized carbons (Fsp3) is 0.357. The number of fused-ring (bicyclic) bond motifs is 1. The van der Waals surface area contributed by atoms with Gasteiger partial charge in [-0.2, -0.15) is 0 Å². The van der Waals surface area contributed by atoms with E-state index in [-0.39, 0.29) is 11.9 Å². The molecule has 1 atom stereocenters. The summed E-state index contributed by atoms with van der Waals surface area (Å²) in [7, 11) is 0. The second-order valence-corrected chi connectivity index (χ2v) is 4.59. The Bertz CT molecular complexity index is 498. The summed E-state index contributed by atoms with van der Waals surface area (Å²) in [5, 5.41) is 3.68. The molecular formula is C14H16N2O2. The first-order valence-electron chi connectivity index (χ1n) is 6.27.